The summed E-state index contributed by atoms with van der Waals surface area (Å²) in [5.74, 6) is -1.45. The van der Waals surface area contributed by atoms with E-state index in [-0.39, 0.29) is 10.5 Å². The third kappa shape index (κ3) is 4.74. The highest BCUT2D eigenvalue weighted by molar-refractivity contribution is 8.08. The van der Waals surface area contributed by atoms with Gasteiger partial charge in [-0.2, -0.15) is 0 Å². The molecule has 0 spiro atoms. The monoisotopic (exact) mass is 352 g/mol. The molecule has 2 rings (SSSR count). The molecule has 0 saturated carbocycles. The lowest BCUT2D eigenvalue weighted by molar-refractivity contribution is 0.102. The van der Waals surface area contributed by atoms with Gasteiger partial charge in [0.05, 0.1) is 4.90 Å². The van der Waals surface area contributed by atoms with Crippen molar-refractivity contribution in [3.63, 3.8) is 0 Å². The van der Waals surface area contributed by atoms with Crippen molar-refractivity contribution in [3.05, 3.63) is 65.7 Å². The van der Waals surface area contributed by atoms with Crippen LogP contribution in [0.3, 0.4) is 0 Å². The molecule has 0 aromatic heterocycles. The molecule has 0 aliphatic rings. The molecule has 122 valence electrons. The zero-order chi connectivity index (χ0) is 17.1. The lowest BCUT2D eigenvalue weighted by Crippen LogP contribution is -2.24. The number of hydrogen-bond donors (Lipinski definition) is 0. The van der Waals surface area contributed by atoms with E-state index < -0.39 is 36.3 Å². The first-order valence-corrected chi connectivity index (χ1v) is 10.3. The Morgan fingerprint density at radius 1 is 0.870 bits per heavy atom. The molecule has 0 saturated heterocycles. The predicted octanol–water partition coefficient (Wildman–Crippen LogP) is 2.02. The molecule has 23 heavy (non-hydrogen) atoms. The number of sulfone groups is 2. The Kier molecular flexibility index (Phi) is 5.01. The van der Waals surface area contributed by atoms with Crippen LogP contribution >= 0.6 is 0 Å². The van der Waals surface area contributed by atoms with Crippen LogP contribution in [0.15, 0.2) is 59.5 Å². The number of carbonyl (C=O) groups excluding carboxylic acids is 1. The van der Waals surface area contributed by atoms with Crippen LogP contribution in [-0.4, -0.2) is 33.5 Å². The Labute approximate surface area is 135 Å². The summed E-state index contributed by atoms with van der Waals surface area (Å²) in [7, 11) is -8.09. The van der Waals surface area contributed by atoms with E-state index in [4.69, 9.17) is 0 Å². The molecular formula is C16H16O5S2. The minimum atomic E-state index is -4.08. The zero-order valence-electron chi connectivity index (χ0n) is 12.5. The van der Waals surface area contributed by atoms with Crippen LogP contribution in [0.1, 0.15) is 15.9 Å². The lowest BCUT2D eigenvalue weighted by atomic mass is 10.2. The van der Waals surface area contributed by atoms with Gasteiger partial charge in [0, 0.05) is 5.56 Å². The molecule has 0 bridgehead atoms. The van der Waals surface area contributed by atoms with Gasteiger partial charge in [0.1, 0.15) is 5.75 Å². The van der Waals surface area contributed by atoms with E-state index in [1.54, 1.807) is 37.3 Å². The molecule has 0 radical (unpaired) electrons. The summed E-state index contributed by atoms with van der Waals surface area (Å²) in [5.41, 5.74) is 1.11. The van der Waals surface area contributed by atoms with Crippen molar-refractivity contribution in [2.45, 2.75) is 11.8 Å². The second-order valence-electron chi connectivity index (χ2n) is 5.22. The van der Waals surface area contributed by atoms with E-state index in [9.17, 15) is 21.6 Å². The van der Waals surface area contributed by atoms with Crippen molar-refractivity contribution < 1.29 is 21.6 Å². The van der Waals surface area contributed by atoms with Gasteiger partial charge in [-0.15, -0.1) is 0 Å². The van der Waals surface area contributed by atoms with E-state index in [1.807, 2.05) is 0 Å². The molecule has 0 unspecified atom stereocenters. The van der Waals surface area contributed by atoms with Crippen molar-refractivity contribution in [3.8, 4) is 0 Å². The van der Waals surface area contributed by atoms with Gasteiger partial charge in [0.15, 0.2) is 30.5 Å². The van der Waals surface area contributed by atoms with Gasteiger partial charge in [-0.1, -0.05) is 48.0 Å². The van der Waals surface area contributed by atoms with Crippen molar-refractivity contribution in [1.82, 2.24) is 0 Å². The van der Waals surface area contributed by atoms with Gasteiger partial charge in [-0.05, 0) is 19.1 Å². The second-order valence-corrected chi connectivity index (χ2v) is 9.64. The first-order valence-electron chi connectivity index (χ1n) is 6.78. The summed E-state index contributed by atoms with van der Waals surface area (Å²) in [5, 5.41) is -1.08. The normalized spacial score (nSPS) is 12.0. The maximum atomic E-state index is 12.2. The Balaban J connectivity index is 2.17. The predicted molar refractivity (Wildman–Crippen MR) is 87.8 cm³/mol. The number of benzene rings is 2. The molecule has 0 N–H and O–H groups in total. The maximum absolute atomic E-state index is 12.2. The van der Waals surface area contributed by atoms with Gasteiger partial charge < -0.3 is 0 Å². The van der Waals surface area contributed by atoms with Crippen LogP contribution in [0.5, 0.6) is 0 Å². The first-order chi connectivity index (χ1) is 10.7. The number of carbonyl (C=O) groups is 1. The summed E-state index contributed by atoms with van der Waals surface area (Å²) >= 11 is 0. The molecule has 2 aromatic carbocycles. The van der Waals surface area contributed by atoms with Gasteiger partial charge >= 0.3 is 0 Å². The maximum Gasteiger partial charge on any atom is 0.192 e. The van der Waals surface area contributed by atoms with Crippen LogP contribution in [0.25, 0.3) is 0 Å². The molecule has 0 atom stereocenters. The summed E-state index contributed by atoms with van der Waals surface area (Å²) in [6, 6.07) is 13.8. The minimum absolute atomic E-state index is 0.0705. The van der Waals surface area contributed by atoms with E-state index in [0.29, 0.717) is 0 Å². The average molecular weight is 352 g/mol. The highest BCUT2D eigenvalue weighted by Gasteiger charge is 2.26. The summed E-state index contributed by atoms with van der Waals surface area (Å²) in [4.78, 5) is 11.9. The van der Waals surface area contributed by atoms with E-state index in [0.717, 1.165) is 5.56 Å². The van der Waals surface area contributed by atoms with E-state index in [2.05, 4.69) is 0 Å². The van der Waals surface area contributed by atoms with Crippen molar-refractivity contribution >= 4 is 25.5 Å². The van der Waals surface area contributed by atoms with Crippen LogP contribution in [0, 0.1) is 6.92 Å². The molecule has 2 aromatic rings. The van der Waals surface area contributed by atoms with Crippen molar-refractivity contribution in [2.75, 3.05) is 10.8 Å². The summed E-state index contributed by atoms with van der Waals surface area (Å²) < 4.78 is 48.5. The Bertz CT molecular complexity index is 897. The molecule has 0 amide bonds. The fourth-order valence-corrected chi connectivity index (χ4v) is 5.88. The highest BCUT2D eigenvalue weighted by Crippen LogP contribution is 2.15. The number of hydrogen-bond acceptors (Lipinski definition) is 5. The molecule has 5 nitrogen and oxygen atoms in total. The van der Waals surface area contributed by atoms with Crippen molar-refractivity contribution in [1.29, 1.82) is 0 Å². The van der Waals surface area contributed by atoms with E-state index >= 15 is 0 Å². The SMILES string of the molecule is Cc1ccc(S(=O)(=O)CS(=O)(=O)CC(=O)c2ccccc2)cc1. The molecule has 0 fully saturated rings. The third-order valence-electron chi connectivity index (χ3n) is 3.16. The Morgan fingerprint density at radius 3 is 2.00 bits per heavy atom. The highest BCUT2D eigenvalue weighted by atomic mass is 32.3. The number of Topliss-reactive ketones (excluding diaryl/α,β-unsaturated/α-hetero) is 1. The smallest absolute Gasteiger partial charge is 0.192 e. The summed E-state index contributed by atoms with van der Waals surface area (Å²) in [6.07, 6.45) is 0. The Morgan fingerprint density at radius 2 is 1.43 bits per heavy atom. The van der Waals surface area contributed by atoms with E-state index in [1.165, 1.54) is 24.3 Å². The number of rotatable bonds is 6. The first kappa shape index (κ1) is 17.4. The fraction of sp³-hybridized carbons (Fsp3) is 0.188. The molecule has 0 aliphatic heterocycles. The lowest BCUT2D eigenvalue weighted by Gasteiger charge is -2.06. The molecule has 0 aliphatic carbocycles. The molecule has 0 heterocycles. The van der Waals surface area contributed by atoms with Crippen LogP contribution in [0.2, 0.25) is 0 Å². The standard InChI is InChI=1S/C16H16O5S2/c1-13-7-9-15(10-8-13)23(20,21)12-22(18,19)11-16(17)14-5-3-2-4-6-14/h2-10H,11-12H2,1H3. The van der Waals surface area contributed by atoms with Crippen LogP contribution in [-0.2, 0) is 19.7 Å². The largest absolute Gasteiger partial charge is 0.293 e. The zero-order valence-corrected chi connectivity index (χ0v) is 14.1. The average Bonchev–Trinajstić information content (AvgIpc) is 2.47. The summed E-state index contributed by atoms with van der Waals surface area (Å²) in [6.45, 7) is 1.80. The minimum Gasteiger partial charge on any atom is -0.293 e. The molecular weight excluding hydrogens is 336 g/mol. The number of aryl methyl sites for hydroxylation is 1. The topological polar surface area (TPSA) is 85.3 Å². The quantitative estimate of drug-likeness (QED) is 0.743. The molecule has 7 heteroatoms. The van der Waals surface area contributed by atoms with Gasteiger partial charge in [-0.25, -0.2) is 16.8 Å². The van der Waals surface area contributed by atoms with Crippen LogP contribution < -0.4 is 0 Å². The van der Waals surface area contributed by atoms with Crippen molar-refractivity contribution in [2.24, 2.45) is 0 Å². The second kappa shape index (κ2) is 6.64. The van der Waals surface area contributed by atoms with Gasteiger partial charge in [0.2, 0.25) is 0 Å². The Hall–Kier alpha value is -1.99. The fourth-order valence-electron chi connectivity index (χ4n) is 2.00. The van der Waals surface area contributed by atoms with Gasteiger partial charge in [-0.3, -0.25) is 4.79 Å². The third-order valence-corrected chi connectivity index (χ3v) is 7.53. The number of ketones is 1. The van der Waals surface area contributed by atoms with Gasteiger partial charge in [0.25, 0.3) is 0 Å². The van der Waals surface area contributed by atoms with Crippen LogP contribution in [0.4, 0.5) is 0 Å².